The number of benzene rings is 2. The first-order valence-electron chi connectivity index (χ1n) is 10.1. The molecule has 1 saturated heterocycles. The summed E-state index contributed by atoms with van der Waals surface area (Å²) in [6.07, 6.45) is 0.199. The highest BCUT2D eigenvalue weighted by Gasteiger charge is 2.24. The Balaban J connectivity index is 1.66. The van der Waals surface area contributed by atoms with Gasteiger partial charge >= 0.3 is 0 Å². The van der Waals surface area contributed by atoms with E-state index in [2.05, 4.69) is 16.0 Å². The van der Waals surface area contributed by atoms with Gasteiger partial charge in [0.25, 0.3) is 11.8 Å². The van der Waals surface area contributed by atoms with Crippen LogP contribution in [0.2, 0.25) is 0 Å². The largest absolute Gasteiger partial charge is 0.367 e. The van der Waals surface area contributed by atoms with Crippen LogP contribution in [0.5, 0.6) is 0 Å². The van der Waals surface area contributed by atoms with Crippen LogP contribution >= 0.6 is 0 Å². The standard InChI is InChI=1S/C23H25FN4O3/c1-26-22(29)16-5-3-15(4-6-16)17-7-8-18(20(24)12-17)11-19(13-25)28-23(30)21-14-27-9-2-10-31-21/h3-8,12,19,21,27H,2,9-11,14H2,1H3,(H,26,29)(H,28,30). The molecule has 3 rings (SSSR count). The van der Waals surface area contributed by atoms with Gasteiger partial charge in [-0.15, -0.1) is 0 Å². The molecule has 0 spiro atoms. The van der Waals surface area contributed by atoms with Crippen molar-refractivity contribution in [2.45, 2.75) is 25.0 Å². The van der Waals surface area contributed by atoms with Crippen molar-refractivity contribution in [2.24, 2.45) is 0 Å². The molecule has 0 aliphatic carbocycles. The fraction of sp³-hybridized carbons (Fsp3) is 0.348. The van der Waals surface area contributed by atoms with E-state index in [1.54, 1.807) is 43.4 Å². The number of carbonyl (C=O) groups excluding carboxylic acids is 2. The Labute approximate surface area is 180 Å². The van der Waals surface area contributed by atoms with Crippen molar-refractivity contribution in [2.75, 3.05) is 26.7 Å². The van der Waals surface area contributed by atoms with E-state index in [4.69, 9.17) is 4.74 Å². The van der Waals surface area contributed by atoms with Crippen molar-refractivity contribution in [1.82, 2.24) is 16.0 Å². The molecule has 31 heavy (non-hydrogen) atoms. The van der Waals surface area contributed by atoms with Crippen molar-refractivity contribution in [3.05, 3.63) is 59.4 Å². The molecule has 0 aromatic heterocycles. The molecule has 2 atom stereocenters. The molecule has 8 heteroatoms. The monoisotopic (exact) mass is 424 g/mol. The molecule has 1 aliphatic rings. The number of amides is 2. The predicted octanol–water partition coefficient (Wildman–Crippen LogP) is 1.78. The van der Waals surface area contributed by atoms with Gasteiger partial charge in [-0.05, 0) is 47.9 Å². The fourth-order valence-electron chi connectivity index (χ4n) is 3.35. The van der Waals surface area contributed by atoms with Crippen LogP contribution in [0.4, 0.5) is 4.39 Å². The van der Waals surface area contributed by atoms with Crippen molar-refractivity contribution in [1.29, 1.82) is 5.26 Å². The first-order chi connectivity index (χ1) is 15.0. The van der Waals surface area contributed by atoms with Gasteiger partial charge in [0.2, 0.25) is 0 Å². The molecule has 2 aromatic rings. The van der Waals surface area contributed by atoms with E-state index >= 15 is 0 Å². The second kappa shape index (κ2) is 10.7. The zero-order valence-corrected chi connectivity index (χ0v) is 17.3. The third kappa shape index (κ3) is 5.87. The maximum Gasteiger partial charge on any atom is 0.251 e. The van der Waals surface area contributed by atoms with Crippen molar-refractivity contribution in [3.63, 3.8) is 0 Å². The summed E-state index contributed by atoms with van der Waals surface area (Å²) in [6.45, 7) is 1.63. The van der Waals surface area contributed by atoms with E-state index in [0.717, 1.165) is 18.5 Å². The Morgan fingerprint density at radius 2 is 2.00 bits per heavy atom. The van der Waals surface area contributed by atoms with Crippen LogP contribution in [-0.2, 0) is 16.0 Å². The molecule has 0 radical (unpaired) electrons. The van der Waals surface area contributed by atoms with E-state index in [9.17, 15) is 19.2 Å². The first-order valence-corrected chi connectivity index (χ1v) is 10.1. The third-order valence-corrected chi connectivity index (χ3v) is 5.10. The molecule has 3 N–H and O–H groups in total. The number of ether oxygens (including phenoxy) is 1. The Hall–Kier alpha value is -3.28. The van der Waals surface area contributed by atoms with Gasteiger partial charge in [-0.3, -0.25) is 9.59 Å². The Morgan fingerprint density at radius 3 is 2.68 bits per heavy atom. The lowest BCUT2D eigenvalue weighted by molar-refractivity contribution is -0.132. The predicted molar refractivity (Wildman–Crippen MR) is 114 cm³/mol. The van der Waals surface area contributed by atoms with Crippen LogP contribution in [0, 0.1) is 17.1 Å². The number of nitrogens with zero attached hydrogens (tertiary/aromatic N) is 1. The van der Waals surface area contributed by atoms with Crippen LogP contribution in [0.15, 0.2) is 42.5 Å². The van der Waals surface area contributed by atoms with Crippen LogP contribution < -0.4 is 16.0 Å². The maximum absolute atomic E-state index is 14.7. The number of nitrogens with one attached hydrogen (secondary N) is 3. The van der Waals surface area contributed by atoms with Gasteiger partial charge < -0.3 is 20.7 Å². The highest BCUT2D eigenvalue weighted by atomic mass is 19.1. The quantitative estimate of drug-likeness (QED) is 0.656. The van der Waals surface area contributed by atoms with Crippen molar-refractivity contribution >= 4 is 11.8 Å². The summed E-state index contributed by atoms with van der Waals surface area (Å²) in [7, 11) is 1.56. The van der Waals surface area contributed by atoms with Crippen LogP contribution in [0.25, 0.3) is 11.1 Å². The molecule has 2 aromatic carbocycles. The zero-order chi connectivity index (χ0) is 22.2. The Bertz CT molecular complexity index is 964. The highest BCUT2D eigenvalue weighted by molar-refractivity contribution is 5.94. The molecular weight excluding hydrogens is 399 g/mol. The minimum atomic E-state index is -0.869. The molecule has 1 aliphatic heterocycles. The number of hydrogen-bond donors (Lipinski definition) is 3. The summed E-state index contributed by atoms with van der Waals surface area (Å²) in [5.74, 6) is -1.04. The normalized spacial score (nSPS) is 17.1. The van der Waals surface area contributed by atoms with Gasteiger partial charge in [0.1, 0.15) is 18.0 Å². The average molecular weight is 424 g/mol. The Kier molecular flexibility index (Phi) is 7.70. The third-order valence-electron chi connectivity index (χ3n) is 5.10. The average Bonchev–Trinajstić information content (AvgIpc) is 3.09. The number of rotatable bonds is 6. The van der Waals surface area contributed by atoms with Gasteiger partial charge in [-0.2, -0.15) is 5.26 Å². The van der Waals surface area contributed by atoms with Crippen molar-refractivity contribution in [3.8, 4) is 17.2 Å². The lowest BCUT2D eigenvalue weighted by atomic mass is 9.99. The SMILES string of the molecule is CNC(=O)c1ccc(-c2ccc(CC(C#N)NC(=O)C3CNCCCO3)c(F)c2)cc1. The van der Waals surface area contributed by atoms with Gasteiger partial charge in [0.15, 0.2) is 0 Å². The smallest absolute Gasteiger partial charge is 0.251 e. The molecule has 162 valence electrons. The van der Waals surface area contributed by atoms with Crippen LogP contribution in [-0.4, -0.2) is 50.7 Å². The molecule has 1 fully saturated rings. The van der Waals surface area contributed by atoms with Crippen molar-refractivity contribution < 1.29 is 18.7 Å². The Morgan fingerprint density at radius 1 is 1.26 bits per heavy atom. The molecule has 2 amide bonds. The summed E-state index contributed by atoms with van der Waals surface area (Å²) in [4.78, 5) is 24.0. The number of nitriles is 1. The maximum atomic E-state index is 14.7. The molecular formula is C23H25FN4O3. The number of halogens is 1. The lowest BCUT2D eigenvalue weighted by Crippen LogP contribution is -2.46. The molecule has 7 nitrogen and oxygen atoms in total. The van der Waals surface area contributed by atoms with Crippen LogP contribution in [0.3, 0.4) is 0 Å². The zero-order valence-electron chi connectivity index (χ0n) is 17.3. The van der Waals surface area contributed by atoms with E-state index < -0.39 is 18.0 Å². The summed E-state index contributed by atoms with van der Waals surface area (Å²) >= 11 is 0. The van der Waals surface area contributed by atoms with E-state index in [0.29, 0.717) is 29.8 Å². The number of carbonyl (C=O) groups is 2. The highest BCUT2D eigenvalue weighted by Crippen LogP contribution is 2.23. The second-order valence-electron chi connectivity index (χ2n) is 7.27. The summed E-state index contributed by atoms with van der Waals surface area (Å²) < 4.78 is 20.2. The van der Waals surface area contributed by atoms with E-state index in [-0.39, 0.29) is 18.2 Å². The van der Waals surface area contributed by atoms with Gasteiger partial charge in [0.05, 0.1) is 6.07 Å². The summed E-state index contributed by atoms with van der Waals surface area (Å²) in [5.41, 5.74) is 2.27. The first kappa shape index (κ1) is 22.4. The topological polar surface area (TPSA) is 103 Å². The van der Waals surface area contributed by atoms with Gasteiger partial charge in [-0.25, -0.2) is 4.39 Å². The molecule has 2 unspecified atom stereocenters. The van der Waals surface area contributed by atoms with E-state index in [1.165, 1.54) is 6.07 Å². The van der Waals surface area contributed by atoms with Gasteiger partial charge in [-0.1, -0.05) is 24.3 Å². The van der Waals surface area contributed by atoms with Gasteiger partial charge in [0, 0.05) is 32.2 Å². The summed E-state index contributed by atoms with van der Waals surface area (Å²) in [5, 5.41) is 17.7. The molecule has 0 bridgehead atoms. The molecule has 0 saturated carbocycles. The second-order valence-corrected chi connectivity index (χ2v) is 7.27. The minimum absolute atomic E-state index is 0.0457. The lowest BCUT2D eigenvalue weighted by Gasteiger charge is -2.18. The van der Waals surface area contributed by atoms with Crippen LogP contribution in [0.1, 0.15) is 22.3 Å². The minimum Gasteiger partial charge on any atom is -0.367 e. The van der Waals surface area contributed by atoms with E-state index in [1.807, 2.05) is 6.07 Å². The molecule has 1 heterocycles. The fourth-order valence-corrected chi connectivity index (χ4v) is 3.35. The number of hydrogen-bond acceptors (Lipinski definition) is 5. The summed E-state index contributed by atoms with van der Waals surface area (Å²) in [6, 6.07) is 12.7.